The van der Waals surface area contributed by atoms with Crippen LogP contribution in [0.25, 0.3) is 0 Å². The van der Waals surface area contributed by atoms with Crippen LogP contribution in [0.3, 0.4) is 0 Å². The molecule has 7 nitrogen and oxygen atoms in total. The van der Waals surface area contributed by atoms with Crippen LogP contribution < -0.4 is 4.74 Å². The minimum atomic E-state index is -1.04. The Labute approximate surface area is 147 Å². The highest BCUT2D eigenvalue weighted by Gasteiger charge is 2.34. The molecule has 7 heteroatoms. The van der Waals surface area contributed by atoms with Gasteiger partial charge in [0.2, 0.25) is 5.79 Å². The molecule has 1 aliphatic rings. The van der Waals surface area contributed by atoms with Gasteiger partial charge in [0, 0.05) is 25.6 Å². The fraction of sp³-hybridized carbons (Fsp3) is 0.611. The molecule has 0 saturated heterocycles. The Morgan fingerprint density at radius 2 is 1.84 bits per heavy atom. The zero-order valence-corrected chi connectivity index (χ0v) is 15.4. The molecule has 2 heterocycles. The first-order valence-corrected chi connectivity index (χ1v) is 8.42. The lowest BCUT2D eigenvalue weighted by Gasteiger charge is -2.34. The summed E-state index contributed by atoms with van der Waals surface area (Å²) in [6, 6.07) is 0. The van der Waals surface area contributed by atoms with E-state index in [1.807, 2.05) is 20.8 Å². The van der Waals surface area contributed by atoms with E-state index in [4.69, 9.17) is 18.9 Å². The molecule has 0 unspecified atom stereocenters. The van der Waals surface area contributed by atoms with Crippen LogP contribution in [0.5, 0.6) is 5.75 Å². The molecule has 2 rings (SSSR count). The first-order valence-electron chi connectivity index (χ1n) is 8.42. The summed E-state index contributed by atoms with van der Waals surface area (Å²) in [5.74, 6) is -2.36. The number of esters is 2. The second kappa shape index (κ2) is 7.82. The molecule has 1 aromatic rings. The monoisotopic (exact) mass is 351 g/mol. The standard InChI is InChI=1S/C18H25NO6/c1-6-22-16(20)13(17(21)23-7-2)8-12-9-19-11(3)15-14(12)10-24-18(4,5)25-15/h9,13H,6-8,10H2,1-5H3. The largest absolute Gasteiger partial charge is 0.465 e. The number of pyridine rings is 1. The first kappa shape index (κ1) is 19.2. The highest BCUT2D eigenvalue weighted by molar-refractivity contribution is 5.95. The second-order valence-corrected chi connectivity index (χ2v) is 6.23. The highest BCUT2D eigenvalue weighted by Crippen LogP contribution is 2.36. The van der Waals surface area contributed by atoms with Crippen molar-refractivity contribution in [3.8, 4) is 5.75 Å². The number of fused-ring (bicyclic) bond motifs is 1. The Morgan fingerprint density at radius 3 is 2.40 bits per heavy atom. The minimum absolute atomic E-state index is 0.125. The Kier molecular flexibility index (Phi) is 6.00. The lowest BCUT2D eigenvalue weighted by molar-refractivity contribution is -0.181. The fourth-order valence-corrected chi connectivity index (χ4v) is 2.63. The molecule has 0 spiro atoms. The predicted molar refractivity (Wildman–Crippen MR) is 88.9 cm³/mol. The molecule has 0 N–H and O–H groups in total. The van der Waals surface area contributed by atoms with E-state index in [2.05, 4.69) is 4.98 Å². The maximum Gasteiger partial charge on any atom is 0.320 e. The number of carbonyl (C=O) groups excluding carboxylic acids is 2. The zero-order chi connectivity index (χ0) is 18.6. The van der Waals surface area contributed by atoms with E-state index < -0.39 is 23.6 Å². The first-order chi connectivity index (χ1) is 11.8. The van der Waals surface area contributed by atoms with Crippen LogP contribution in [-0.2, 0) is 36.8 Å². The molecule has 0 amide bonds. The van der Waals surface area contributed by atoms with Crippen molar-refractivity contribution in [2.24, 2.45) is 5.92 Å². The van der Waals surface area contributed by atoms with Gasteiger partial charge in [0.05, 0.1) is 25.5 Å². The maximum absolute atomic E-state index is 12.2. The fourth-order valence-electron chi connectivity index (χ4n) is 2.63. The van der Waals surface area contributed by atoms with Crippen molar-refractivity contribution in [3.05, 3.63) is 23.0 Å². The van der Waals surface area contributed by atoms with Gasteiger partial charge < -0.3 is 18.9 Å². The van der Waals surface area contributed by atoms with E-state index in [0.717, 1.165) is 11.3 Å². The van der Waals surface area contributed by atoms with Crippen LogP contribution in [0.2, 0.25) is 0 Å². The molecule has 1 aliphatic heterocycles. The molecule has 1 aromatic heterocycles. The molecule has 0 atom stereocenters. The van der Waals surface area contributed by atoms with Gasteiger partial charge >= 0.3 is 11.9 Å². The number of aromatic nitrogens is 1. The number of aryl methyl sites for hydroxylation is 1. The second-order valence-electron chi connectivity index (χ2n) is 6.23. The summed E-state index contributed by atoms with van der Waals surface area (Å²) in [5.41, 5.74) is 2.24. The number of rotatable bonds is 6. The van der Waals surface area contributed by atoms with Gasteiger partial charge in [-0.05, 0) is 32.8 Å². The van der Waals surface area contributed by atoms with Crippen molar-refractivity contribution < 1.29 is 28.5 Å². The van der Waals surface area contributed by atoms with Gasteiger partial charge in [0.1, 0.15) is 5.75 Å². The Bertz CT molecular complexity index is 637. The topological polar surface area (TPSA) is 84.0 Å². The normalized spacial score (nSPS) is 15.3. The minimum Gasteiger partial charge on any atom is -0.465 e. The number of nitrogens with zero attached hydrogens (tertiary/aromatic N) is 1. The summed E-state index contributed by atoms with van der Waals surface area (Å²) in [5, 5.41) is 0. The lowest BCUT2D eigenvalue weighted by atomic mass is 9.95. The van der Waals surface area contributed by atoms with Crippen LogP contribution >= 0.6 is 0 Å². The van der Waals surface area contributed by atoms with Gasteiger partial charge in [-0.15, -0.1) is 0 Å². The van der Waals surface area contributed by atoms with Gasteiger partial charge in [-0.3, -0.25) is 14.6 Å². The molecular weight excluding hydrogens is 326 g/mol. The van der Waals surface area contributed by atoms with Crippen molar-refractivity contribution in [3.63, 3.8) is 0 Å². The van der Waals surface area contributed by atoms with E-state index in [1.165, 1.54) is 0 Å². The summed E-state index contributed by atoms with van der Waals surface area (Å²) in [6.07, 6.45) is 1.77. The summed E-state index contributed by atoms with van der Waals surface area (Å²) < 4.78 is 21.6. The Morgan fingerprint density at radius 1 is 1.24 bits per heavy atom. The quantitative estimate of drug-likeness (QED) is 0.574. The van der Waals surface area contributed by atoms with Crippen molar-refractivity contribution >= 4 is 11.9 Å². The van der Waals surface area contributed by atoms with Crippen LogP contribution in [-0.4, -0.2) is 35.9 Å². The summed E-state index contributed by atoms with van der Waals surface area (Å²) in [4.78, 5) is 28.7. The Balaban J connectivity index is 2.33. The molecular formula is C18H25NO6. The molecule has 25 heavy (non-hydrogen) atoms. The third-order valence-electron chi connectivity index (χ3n) is 3.88. The number of carbonyl (C=O) groups is 2. The van der Waals surface area contributed by atoms with Crippen molar-refractivity contribution in [1.29, 1.82) is 0 Å². The van der Waals surface area contributed by atoms with Gasteiger partial charge in [-0.25, -0.2) is 0 Å². The van der Waals surface area contributed by atoms with Crippen molar-refractivity contribution in [1.82, 2.24) is 4.98 Å². The summed E-state index contributed by atoms with van der Waals surface area (Å²) >= 11 is 0. The SMILES string of the molecule is CCOC(=O)C(Cc1cnc(C)c2c1COC(C)(C)O2)C(=O)OCC. The molecule has 0 radical (unpaired) electrons. The van der Waals surface area contributed by atoms with Crippen LogP contribution in [0.1, 0.15) is 44.5 Å². The van der Waals surface area contributed by atoms with Crippen LogP contribution in [0, 0.1) is 12.8 Å². The number of hydrogen-bond donors (Lipinski definition) is 0. The molecule has 0 saturated carbocycles. The van der Waals surface area contributed by atoms with E-state index in [9.17, 15) is 9.59 Å². The van der Waals surface area contributed by atoms with Gasteiger partial charge in [0.25, 0.3) is 0 Å². The average Bonchev–Trinajstić information content (AvgIpc) is 2.54. The summed E-state index contributed by atoms with van der Waals surface area (Å²) in [7, 11) is 0. The molecule has 0 aliphatic carbocycles. The summed E-state index contributed by atoms with van der Waals surface area (Å²) in [6.45, 7) is 9.58. The zero-order valence-electron chi connectivity index (χ0n) is 15.4. The lowest BCUT2D eigenvalue weighted by Crippen LogP contribution is -2.37. The van der Waals surface area contributed by atoms with Crippen molar-refractivity contribution in [2.75, 3.05) is 13.2 Å². The van der Waals surface area contributed by atoms with E-state index in [0.29, 0.717) is 17.9 Å². The molecule has 0 aromatic carbocycles. The van der Waals surface area contributed by atoms with E-state index in [-0.39, 0.29) is 19.6 Å². The van der Waals surface area contributed by atoms with Gasteiger partial charge in [-0.2, -0.15) is 0 Å². The van der Waals surface area contributed by atoms with Gasteiger partial charge in [-0.1, -0.05) is 0 Å². The number of hydrogen-bond acceptors (Lipinski definition) is 7. The third-order valence-corrected chi connectivity index (χ3v) is 3.88. The highest BCUT2D eigenvalue weighted by atomic mass is 16.7. The third kappa shape index (κ3) is 4.48. The average molecular weight is 351 g/mol. The smallest absolute Gasteiger partial charge is 0.320 e. The Hall–Kier alpha value is -2.15. The molecule has 0 fully saturated rings. The van der Waals surface area contributed by atoms with Crippen LogP contribution in [0.15, 0.2) is 6.20 Å². The molecule has 0 bridgehead atoms. The van der Waals surface area contributed by atoms with E-state index in [1.54, 1.807) is 20.0 Å². The molecule has 138 valence electrons. The van der Waals surface area contributed by atoms with E-state index >= 15 is 0 Å². The van der Waals surface area contributed by atoms with Crippen LogP contribution in [0.4, 0.5) is 0 Å². The number of ether oxygens (including phenoxy) is 4. The maximum atomic E-state index is 12.2. The van der Waals surface area contributed by atoms with Crippen molar-refractivity contribution in [2.45, 2.75) is 53.4 Å². The van der Waals surface area contributed by atoms with Gasteiger partial charge in [0.15, 0.2) is 5.92 Å². The predicted octanol–water partition coefficient (Wildman–Crippen LogP) is 2.32.